The highest BCUT2D eigenvalue weighted by Gasteiger charge is 2.07. The van der Waals surface area contributed by atoms with E-state index in [1.54, 1.807) is 12.1 Å². The monoisotopic (exact) mass is 222 g/mol. The van der Waals surface area contributed by atoms with Crippen LogP contribution in [0, 0.1) is 17.2 Å². The number of nitriles is 1. The molecule has 0 bridgehead atoms. The number of nitrogens with one attached hydrogen (secondary N) is 1. The average Bonchev–Trinajstić information content (AvgIpc) is 2.18. The summed E-state index contributed by atoms with van der Waals surface area (Å²) >= 11 is 5.93. The van der Waals surface area contributed by atoms with E-state index in [1.807, 2.05) is 12.1 Å². The Bertz CT molecular complexity index is 380. The van der Waals surface area contributed by atoms with E-state index < -0.39 is 0 Å². The maximum atomic E-state index is 8.72. The Kier molecular flexibility index (Phi) is 3.99. The Hall–Kier alpha value is -1.20. The zero-order valence-corrected chi connectivity index (χ0v) is 9.97. The SMILES string of the molecule is CC(C)C(C)Nc1ccc(C#N)c(Cl)c1. The van der Waals surface area contributed by atoms with E-state index in [-0.39, 0.29) is 0 Å². The van der Waals surface area contributed by atoms with E-state index in [0.717, 1.165) is 5.69 Å². The highest BCUT2D eigenvalue weighted by molar-refractivity contribution is 6.32. The summed E-state index contributed by atoms with van der Waals surface area (Å²) in [6.07, 6.45) is 0. The van der Waals surface area contributed by atoms with Crippen LogP contribution in [0.15, 0.2) is 18.2 Å². The lowest BCUT2D eigenvalue weighted by molar-refractivity contribution is 0.560. The summed E-state index contributed by atoms with van der Waals surface area (Å²) in [5.41, 5.74) is 1.47. The van der Waals surface area contributed by atoms with Gasteiger partial charge in [0.05, 0.1) is 10.6 Å². The third-order valence-electron chi connectivity index (χ3n) is 2.48. The quantitative estimate of drug-likeness (QED) is 0.847. The zero-order chi connectivity index (χ0) is 11.4. The minimum Gasteiger partial charge on any atom is -0.382 e. The second-order valence-corrected chi connectivity index (χ2v) is 4.39. The van der Waals surface area contributed by atoms with E-state index in [0.29, 0.717) is 22.5 Å². The van der Waals surface area contributed by atoms with Crippen molar-refractivity contribution in [3.8, 4) is 6.07 Å². The molecule has 0 aromatic heterocycles. The number of halogens is 1. The minimum atomic E-state index is 0.383. The molecule has 0 radical (unpaired) electrons. The molecule has 0 saturated heterocycles. The summed E-state index contributed by atoms with van der Waals surface area (Å²) in [6, 6.07) is 7.82. The van der Waals surface area contributed by atoms with Crippen molar-refractivity contribution >= 4 is 17.3 Å². The first-order chi connectivity index (χ1) is 7.04. The van der Waals surface area contributed by atoms with Crippen molar-refractivity contribution in [1.29, 1.82) is 5.26 Å². The maximum Gasteiger partial charge on any atom is 0.101 e. The van der Waals surface area contributed by atoms with Crippen molar-refractivity contribution in [2.45, 2.75) is 26.8 Å². The number of anilines is 1. The number of rotatable bonds is 3. The van der Waals surface area contributed by atoms with Crippen molar-refractivity contribution < 1.29 is 0 Å². The van der Waals surface area contributed by atoms with Gasteiger partial charge in [0, 0.05) is 11.7 Å². The first kappa shape index (κ1) is 11.9. The molecule has 0 aliphatic carbocycles. The van der Waals surface area contributed by atoms with Crippen LogP contribution in [0.4, 0.5) is 5.69 Å². The van der Waals surface area contributed by atoms with Crippen LogP contribution in [0.3, 0.4) is 0 Å². The number of nitrogens with zero attached hydrogens (tertiary/aromatic N) is 1. The van der Waals surface area contributed by atoms with Gasteiger partial charge in [-0.1, -0.05) is 25.4 Å². The Balaban J connectivity index is 2.81. The lowest BCUT2D eigenvalue weighted by atomic mass is 10.1. The predicted octanol–water partition coefficient (Wildman–Crippen LogP) is 3.67. The van der Waals surface area contributed by atoms with Gasteiger partial charge in [-0.3, -0.25) is 0 Å². The van der Waals surface area contributed by atoms with Crippen molar-refractivity contribution in [3.05, 3.63) is 28.8 Å². The highest BCUT2D eigenvalue weighted by atomic mass is 35.5. The molecule has 0 spiro atoms. The van der Waals surface area contributed by atoms with Crippen molar-refractivity contribution in [1.82, 2.24) is 0 Å². The van der Waals surface area contributed by atoms with Crippen molar-refractivity contribution in [2.75, 3.05) is 5.32 Å². The third-order valence-corrected chi connectivity index (χ3v) is 2.80. The smallest absolute Gasteiger partial charge is 0.101 e. The molecule has 1 N–H and O–H groups in total. The predicted molar refractivity (Wildman–Crippen MR) is 64.1 cm³/mol. The fourth-order valence-electron chi connectivity index (χ4n) is 1.13. The van der Waals surface area contributed by atoms with Crippen LogP contribution in [0.1, 0.15) is 26.3 Å². The Morgan fingerprint density at radius 2 is 2.00 bits per heavy atom. The lowest BCUT2D eigenvalue weighted by Crippen LogP contribution is -2.21. The van der Waals surface area contributed by atoms with E-state index >= 15 is 0 Å². The second-order valence-electron chi connectivity index (χ2n) is 3.98. The highest BCUT2D eigenvalue weighted by Crippen LogP contribution is 2.21. The molecule has 1 atom stereocenters. The van der Waals surface area contributed by atoms with Crippen LogP contribution >= 0.6 is 11.6 Å². The normalized spacial score (nSPS) is 12.3. The molecule has 2 nitrogen and oxygen atoms in total. The van der Waals surface area contributed by atoms with Crippen LogP contribution in [0.25, 0.3) is 0 Å². The van der Waals surface area contributed by atoms with Crippen LogP contribution in [0.5, 0.6) is 0 Å². The van der Waals surface area contributed by atoms with E-state index in [2.05, 4.69) is 26.1 Å². The van der Waals surface area contributed by atoms with Crippen LogP contribution < -0.4 is 5.32 Å². The summed E-state index contributed by atoms with van der Waals surface area (Å²) < 4.78 is 0. The van der Waals surface area contributed by atoms with Crippen LogP contribution in [0.2, 0.25) is 5.02 Å². The van der Waals surface area contributed by atoms with Gasteiger partial charge in [0.15, 0.2) is 0 Å². The fourth-order valence-corrected chi connectivity index (χ4v) is 1.35. The average molecular weight is 223 g/mol. The van der Waals surface area contributed by atoms with Gasteiger partial charge in [-0.2, -0.15) is 5.26 Å². The van der Waals surface area contributed by atoms with Gasteiger partial charge in [-0.05, 0) is 31.0 Å². The largest absolute Gasteiger partial charge is 0.382 e. The third kappa shape index (κ3) is 3.14. The Labute approximate surface area is 95.9 Å². The molecule has 3 heteroatoms. The molecular formula is C12H15ClN2. The van der Waals surface area contributed by atoms with E-state index in [4.69, 9.17) is 16.9 Å². The lowest BCUT2D eigenvalue weighted by Gasteiger charge is -2.18. The van der Waals surface area contributed by atoms with E-state index in [9.17, 15) is 0 Å². The molecule has 1 aromatic carbocycles. The van der Waals surface area contributed by atoms with Crippen molar-refractivity contribution in [2.24, 2.45) is 5.92 Å². The first-order valence-corrected chi connectivity index (χ1v) is 5.38. The molecule has 0 saturated carbocycles. The molecule has 15 heavy (non-hydrogen) atoms. The molecule has 0 amide bonds. The summed E-state index contributed by atoms with van der Waals surface area (Å²) in [4.78, 5) is 0. The second kappa shape index (κ2) is 5.04. The first-order valence-electron chi connectivity index (χ1n) is 5.00. The molecule has 80 valence electrons. The maximum absolute atomic E-state index is 8.72. The summed E-state index contributed by atoms with van der Waals surface area (Å²) in [5, 5.41) is 12.6. The van der Waals surface area contributed by atoms with Crippen LogP contribution in [-0.2, 0) is 0 Å². The molecular weight excluding hydrogens is 208 g/mol. The summed E-state index contributed by atoms with van der Waals surface area (Å²) in [5.74, 6) is 0.555. The summed E-state index contributed by atoms with van der Waals surface area (Å²) in [7, 11) is 0. The van der Waals surface area contributed by atoms with Gasteiger partial charge in [-0.15, -0.1) is 0 Å². The van der Waals surface area contributed by atoms with Gasteiger partial charge in [0.2, 0.25) is 0 Å². The molecule has 0 aliphatic rings. The van der Waals surface area contributed by atoms with Gasteiger partial charge < -0.3 is 5.32 Å². The van der Waals surface area contributed by atoms with Gasteiger partial charge in [-0.25, -0.2) is 0 Å². The standard InChI is InChI=1S/C12H15ClN2/c1-8(2)9(3)15-11-5-4-10(7-14)12(13)6-11/h4-6,8-9,15H,1-3H3. The molecule has 1 rings (SSSR count). The molecule has 0 heterocycles. The fraction of sp³-hybridized carbons (Fsp3) is 0.417. The Morgan fingerprint density at radius 1 is 1.33 bits per heavy atom. The molecule has 0 aliphatic heterocycles. The molecule has 0 fully saturated rings. The van der Waals surface area contributed by atoms with Gasteiger partial charge >= 0.3 is 0 Å². The Morgan fingerprint density at radius 3 is 2.47 bits per heavy atom. The minimum absolute atomic E-state index is 0.383. The topological polar surface area (TPSA) is 35.8 Å². The van der Waals surface area contributed by atoms with Crippen LogP contribution in [-0.4, -0.2) is 6.04 Å². The zero-order valence-electron chi connectivity index (χ0n) is 9.21. The number of hydrogen-bond acceptors (Lipinski definition) is 2. The molecule has 1 aromatic rings. The number of hydrogen-bond donors (Lipinski definition) is 1. The van der Waals surface area contributed by atoms with E-state index in [1.165, 1.54) is 0 Å². The molecule has 1 unspecified atom stereocenters. The number of benzene rings is 1. The van der Waals surface area contributed by atoms with Crippen molar-refractivity contribution in [3.63, 3.8) is 0 Å². The van der Waals surface area contributed by atoms with Gasteiger partial charge in [0.1, 0.15) is 6.07 Å². The van der Waals surface area contributed by atoms with Gasteiger partial charge in [0.25, 0.3) is 0 Å². The summed E-state index contributed by atoms with van der Waals surface area (Å²) in [6.45, 7) is 6.43.